The van der Waals surface area contributed by atoms with Crippen molar-refractivity contribution in [2.75, 3.05) is 0 Å². The number of aromatic nitrogens is 1. The second-order valence-corrected chi connectivity index (χ2v) is 5.96. The number of oxazole rings is 1. The lowest BCUT2D eigenvalue weighted by molar-refractivity contribution is 0.0467. The van der Waals surface area contributed by atoms with Crippen LogP contribution >= 0.6 is 11.3 Å². The van der Waals surface area contributed by atoms with E-state index in [-0.39, 0.29) is 12.6 Å². The molecule has 112 valence electrons. The third kappa shape index (κ3) is 3.09. The first-order valence-corrected chi connectivity index (χ1v) is 7.74. The Labute approximate surface area is 132 Å². The van der Waals surface area contributed by atoms with Crippen LogP contribution in [-0.4, -0.2) is 11.0 Å². The third-order valence-electron chi connectivity index (χ3n) is 3.24. The molecule has 0 atom stereocenters. The van der Waals surface area contributed by atoms with Crippen molar-refractivity contribution in [3.8, 4) is 10.8 Å². The number of esters is 1. The van der Waals surface area contributed by atoms with Gasteiger partial charge in [-0.1, -0.05) is 23.8 Å². The molecule has 0 amide bonds. The Balaban J connectivity index is 1.66. The van der Waals surface area contributed by atoms with Gasteiger partial charge in [-0.05, 0) is 36.9 Å². The minimum absolute atomic E-state index is 0.0982. The molecule has 4 nitrogen and oxygen atoms in total. The topological polar surface area (TPSA) is 52.3 Å². The highest BCUT2D eigenvalue weighted by atomic mass is 32.1. The highest BCUT2D eigenvalue weighted by Gasteiger charge is 2.13. The summed E-state index contributed by atoms with van der Waals surface area (Å²) in [7, 11) is 0. The van der Waals surface area contributed by atoms with Gasteiger partial charge in [-0.3, -0.25) is 0 Å². The van der Waals surface area contributed by atoms with Crippen molar-refractivity contribution >= 4 is 17.3 Å². The van der Waals surface area contributed by atoms with E-state index in [1.807, 2.05) is 43.5 Å². The van der Waals surface area contributed by atoms with Gasteiger partial charge >= 0.3 is 5.97 Å². The number of thiophene rings is 1. The van der Waals surface area contributed by atoms with Gasteiger partial charge in [0.1, 0.15) is 18.6 Å². The summed E-state index contributed by atoms with van der Waals surface area (Å²) < 4.78 is 10.7. The molecule has 3 rings (SSSR count). The number of hydrogen-bond acceptors (Lipinski definition) is 5. The van der Waals surface area contributed by atoms with E-state index in [1.165, 1.54) is 6.26 Å². The monoisotopic (exact) mass is 313 g/mol. The fourth-order valence-corrected chi connectivity index (χ4v) is 2.80. The van der Waals surface area contributed by atoms with Crippen LogP contribution in [0.5, 0.6) is 0 Å². The summed E-state index contributed by atoms with van der Waals surface area (Å²) >= 11 is 1.55. The number of nitrogens with zero attached hydrogens (tertiary/aromatic N) is 1. The van der Waals surface area contributed by atoms with Crippen LogP contribution in [0.15, 0.2) is 46.4 Å². The van der Waals surface area contributed by atoms with Gasteiger partial charge in [0, 0.05) is 0 Å². The van der Waals surface area contributed by atoms with Gasteiger partial charge in [0.2, 0.25) is 5.89 Å². The van der Waals surface area contributed by atoms with E-state index in [2.05, 4.69) is 4.98 Å². The molecule has 0 saturated carbocycles. The van der Waals surface area contributed by atoms with Crippen molar-refractivity contribution in [2.24, 2.45) is 0 Å². The molecule has 1 aromatic carbocycles. The molecular formula is C17H15NO3S. The Morgan fingerprint density at radius 3 is 2.91 bits per heavy atom. The summed E-state index contributed by atoms with van der Waals surface area (Å²) in [5.74, 6) is 0.200. The van der Waals surface area contributed by atoms with Gasteiger partial charge in [0.05, 0.1) is 10.4 Å². The number of rotatable bonds is 4. The predicted octanol–water partition coefficient (Wildman–Crippen LogP) is 4.38. The van der Waals surface area contributed by atoms with Crippen molar-refractivity contribution < 1.29 is 13.9 Å². The van der Waals surface area contributed by atoms with Gasteiger partial charge in [-0.2, -0.15) is 0 Å². The van der Waals surface area contributed by atoms with Gasteiger partial charge in [-0.25, -0.2) is 9.78 Å². The van der Waals surface area contributed by atoms with Gasteiger partial charge < -0.3 is 9.15 Å². The van der Waals surface area contributed by atoms with Gasteiger partial charge in [0.15, 0.2) is 0 Å². The van der Waals surface area contributed by atoms with Crippen LogP contribution in [0, 0.1) is 13.8 Å². The van der Waals surface area contributed by atoms with Crippen LogP contribution in [0.3, 0.4) is 0 Å². The largest absolute Gasteiger partial charge is 0.455 e. The Morgan fingerprint density at radius 1 is 1.32 bits per heavy atom. The van der Waals surface area contributed by atoms with Crippen LogP contribution in [0.2, 0.25) is 0 Å². The van der Waals surface area contributed by atoms with Crippen molar-refractivity contribution in [3.05, 3.63) is 64.4 Å². The zero-order valence-electron chi connectivity index (χ0n) is 12.3. The molecule has 22 heavy (non-hydrogen) atoms. The van der Waals surface area contributed by atoms with Crippen LogP contribution < -0.4 is 0 Å². The van der Waals surface area contributed by atoms with E-state index >= 15 is 0 Å². The molecule has 2 heterocycles. The maximum atomic E-state index is 12.1. The maximum absolute atomic E-state index is 12.1. The molecule has 0 spiro atoms. The number of carbonyl (C=O) groups excluding carboxylic acids is 1. The lowest BCUT2D eigenvalue weighted by Gasteiger charge is -2.06. The molecular weight excluding hydrogens is 298 g/mol. The first-order valence-electron chi connectivity index (χ1n) is 6.86. The van der Waals surface area contributed by atoms with Crippen molar-refractivity contribution in [1.29, 1.82) is 0 Å². The fraction of sp³-hybridized carbons (Fsp3) is 0.176. The third-order valence-corrected chi connectivity index (χ3v) is 4.09. The molecule has 0 aliphatic rings. The average molecular weight is 313 g/mol. The highest BCUT2D eigenvalue weighted by molar-refractivity contribution is 7.13. The van der Waals surface area contributed by atoms with E-state index in [0.717, 1.165) is 16.0 Å². The quantitative estimate of drug-likeness (QED) is 0.671. The minimum Gasteiger partial charge on any atom is -0.455 e. The van der Waals surface area contributed by atoms with Crippen LogP contribution in [0.4, 0.5) is 0 Å². The van der Waals surface area contributed by atoms with E-state index in [9.17, 15) is 4.79 Å². The molecule has 0 aliphatic heterocycles. The maximum Gasteiger partial charge on any atom is 0.338 e. The number of benzene rings is 1. The number of hydrogen-bond donors (Lipinski definition) is 0. The molecule has 5 heteroatoms. The summed E-state index contributed by atoms with van der Waals surface area (Å²) in [5, 5.41) is 1.96. The van der Waals surface area contributed by atoms with Crippen LogP contribution in [-0.2, 0) is 11.3 Å². The Hall–Kier alpha value is -2.40. The Bertz CT molecular complexity index is 790. The van der Waals surface area contributed by atoms with Crippen molar-refractivity contribution in [1.82, 2.24) is 4.98 Å². The zero-order chi connectivity index (χ0) is 15.5. The Morgan fingerprint density at radius 2 is 2.18 bits per heavy atom. The standard InChI is InChI=1S/C17H15NO3S/c1-11-5-6-14(12(2)8-11)17(19)21-10-13-9-20-16(18-13)15-4-3-7-22-15/h3-9H,10H2,1-2H3. The van der Waals surface area contributed by atoms with Crippen molar-refractivity contribution in [2.45, 2.75) is 20.5 Å². The highest BCUT2D eigenvalue weighted by Crippen LogP contribution is 2.24. The summed E-state index contributed by atoms with van der Waals surface area (Å²) in [6, 6.07) is 9.51. The molecule has 3 aromatic rings. The van der Waals surface area contributed by atoms with E-state index in [1.54, 1.807) is 17.4 Å². The Kier molecular flexibility index (Phi) is 4.06. The SMILES string of the molecule is Cc1ccc(C(=O)OCc2coc(-c3cccs3)n2)c(C)c1. The molecule has 0 bridgehead atoms. The van der Waals surface area contributed by atoms with E-state index in [4.69, 9.17) is 9.15 Å². The molecule has 0 fully saturated rings. The zero-order valence-corrected chi connectivity index (χ0v) is 13.1. The number of carbonyl (C=O) groups is 1. The summed E-state index contributed by atoms with van der Waals surface area (Å²) in [6.07, 6.45) is 1.52. The van der Waals surface area contributed by atoms with Crippen LogP contribution in [0.25, 0.3) is 10.8 Å². The summed E-state index contributed by atoms with van der Waals surface area (Å²) in [5.41, 5.74) is 3.20. The van der Waals surface area contributed by atoms with Crippen molar-refractivity contribution in [3.63, 3.8) is 0 Å². The number of aryl methyl sites for hydroxylation is 2. The molecule has 0 radical (unpaired) electrons. The molecule has 0 unspecified atom stereocenters. The van der Waals surface area contributed by atoms with E-state index < -0.39 is 0 Å². The lowest BCUT2D eigenvalue weighted by Crippen LogP contribution is -2.07. The fourth-order valence-electron chi connectivity index (χ4n) is 2.15. The molecule has 0 aliphatic carbocycles. The molecule has 2 aromatic heterocycles. The average Bonchev–Trinajstić information content (AvgIpc) is 3.16. The first-order chi connectivity index (χ1) is 10.6. The summed E-state index contributed by atoms with van der Waals surface area (Å²) in [6.45, 7) is 3.99. The summed E-state index contributed by atoms with van der Waals surface area (Å²) in [4.78, 5) is 17.4. The smallest absolute Gasteiger partial charge is 0.338 e. The first kappa shape index (κ1) is 14.5. The second-order valence-electron chi connectivity index (χ2n) is 5.02. The molecule has 0 N–H and O–H groups in total. The van der Waals surface area contributed by atoms with Crippen LogP contribution in [0.1, 0.15) is 27.2 Å². The van der Waals surface area contributed by atoms with Gasteiger partial charge in [0.25, 0.3) is 0 Å². The number of ether oxygens (including phenoxy) is 1. The minimum atomic E-state index is -0.349. The normalized spacial score (nSPS) is 10.6. The lowest BCUT2D eigenvalue weighted by atomic mass is 10.1. The van der Waals surface area contributed by atoms with Gasteiger partial charge in [-0.15, -0.1) is 11.3 Å². The molecule has 0 saturated heterocycles. The predicted molar refractivity (Wildman–Crippen MR) is 84.9 cm³/mol. The second kappa shape index (κ2) is 6.15. The van der Waals surface area contributed by atoms with E-state index in [0.29, 0.717) is 17.1 Å².